The standard InChI is InChI=1S/C14H18N4O3S.ClH/c1-9(15-3)8-13-16-14(21-17-13)10(2)22-12-6-4-11(5-7-12)18(19)20;/h4-7,9-10,15H,8H2,1-3H3;1H. The van der Waals surface area contributed by atoms with Gasteiger partial charge in [-0.1, -0.05) is 5.16 Å². The molecule has 0 aliphatic rings. The first-order valence-electron chi connectivity index (χ1n) is 6.90. The normalized spacial score (nSPS) is 13.2. The van der Waals surface area contributed by atoms with Crippen molar-refractivity contribution in [3.63, 3.8) is 0 Å². The predicted octanol–water partition coefficient (Wildman–Crippen LogP) is 3.40. The number of nitro groups is 1. The van der Waals surface area contributed by atoms with E-state index in [1.54, 1.807) is 12.1 Å². The third-order valence-electron chi connectivity index (χ3n) is 3.17. The minimum atomic E-state index is -0.412. The van der Waals surface area contributed by atoms with Gasteiger partial charge in [-0.15, -0.1) is 24.2 Å². The molecule has 0 spiro atoms. The van der Waals surface area contributed by atoms with E-state index in [9.17, 15) is 10.1 Å². The summed E-state index contributed by atoms with van der Waals surface area (Å²) in [5, 5.41) is 17.7. The van der Waals surface area contributed by atoms with E-state index in [0.29, 0.717) is 18.1 Å². The number of rotatable bonds is 7. The van der Waals surface area contributed by atoms with E-state index in [1.807, 2.05) is 20.9 Å². The fourth-order valence-corrected chi connectivity index (χ4v) is 2.69. The Morgan fingerprint density at radius 1 is 1.35 bits per heavy atom. The van der Waals surface area contributed by atoms with Gasteiger partial charge in [0.2, 0.25) is 5.89 Å². The molecule has 0 saturated heterocycles. The summed E-state index contributed by atoms with van der Waals surface area (Å²) < 4.78 is 5.29. The van der Waals surface area contributed by atoms with Crippen molar-refractivity contribution in [3.05, 3.63) is 46.1 Å². The molecule has 1 aromatic heterocycles. The van der Waals surface area contributed by atoms with Crippen molar-refractivity contribution in [1.82, 2.24) is 15.5 Å². The Labute approximate surface area is 144 Å². The van der Waals surface area contributed by atoms with Crippen LogP contribution in [0.1, 0.15) is 30.8 Å². The highest BCUT2D eigenvalue weighted by atomic mass is 35.5. The van der Waals surface area contributed by atoms with Crippen LogP contribution in [0, 0.1) is 10.1 Å². The van der Waals surface area contributed by atoms with Crippen molar-refractivity contribution in [1.29, 1.82) is 0 Å². The zero-order valence-electron chi connectivity index (χ0n) is 13.1. The van der Waals surface area contributed by atoms with Gasteiger partial charge in [0.25, 0.3) is 5.69 Å². The highest BCUT2D eigenvalue weighted by Gasteiger charge is 2.17. The lowest BCUT2D eigenvalue weighted by molar-refractivity contribution is -0.384. The van der Waals surface area contributed by atoms with Crippen LogP contribution >= 0.6 is 24.2 Å². The van der Waals surface area contributed by atoms with E-state index in [4.69, 9.17) is 4.52 Å². The zero-order valence-corrected chi connectivity index (χ0v) is 14.7. The molecule has 0 saturated carbocycles. The lowest BCUT2D eigenvalue weighted by atomic mass is 10.2. The fourth-order valence-electron chi connectivity index (χ4n) is 1.79. The molecule has 0 radical (unpaired) electrons. The second-order valence-electron chi connectivity index (χ2n) is 4.95. The molecule has 2 atom stereocenters. The molecule has 7 nitrogen and oxygen atoms in total. The summed E-state index contributed by atoms with van der Waals surface area (Å²) in [6, 6.07) is 6.70. The first-order valence-corrected chi connectivity index (χ1v) is 7.78. The third-order valence-corrected chi connectivity index (χ3v) is 4.27. The third kappa shape index (κ3) is 5.49. The number of nitrogens with zero attached hydrogens (tertiary/aromatic N) is 3. The number of nitrogens with one attached hydrogen (secondary N) is 1. The second kappa shape index (κ2) is 8.85. The van der Waals surface area contributed by atoms with Crippen LogP contribution in [0.3, 0.4) is 0 Å². The van der Waals surface area contributed by atoms with Crippen LogP contribution in [0.4, 0.5) is 5.69 Å². The second-order valence-corrected chi connectivity index (χ2v) is 6.37. The van der Waals surface area contributed by atoms with E-state index >= 15 is 0 Å². The van der Waals surface area contributed by atoms with E-state index in [1.165, 1.54) is 23.9 Å². The Kier molecular flexibility index (Phi) is 7.47. The van der Waals surface area contributed by atoms with Crippen molar-refractivity contribution in [2.75, 3.05) is 7.05 Å². The number of benzene rings is 1. The number of non-ortho nitro benzene ring substituents is 1. The van der Waals surface area contributed by atoms with Crippen molar-refractivity contribution in [3.8, 4) is 0 Å². The largest absolute Gasteiger partial charge is 0.338 e. The molecule has 0 fully saturated rings. The number of hydrogen-bond acceptors (Lipinski definition) is 7. The molecule has 0 amide bonds. The zero-order chi connectivity index (χ0) is 16.1. The first kappa shape index (κ1) is 19.4. The predicted molar refractivity (Wildman–Crippen MR) is 91.1 cm³/mol. The molecule has 1 N–H and O–H groups in total. The quantitative estimate of drug-likeness (QED) is 0.460. The first-order chi connectivity index (χ1) is 10.5. The van der Waals surface area contributed by atoms with Gasteiger partial charge in [-0.05, 0) is 33.0 Å². The number of aromatic nitrogens is 2. The monoisotopic (exact) mass is 358 g/mol. The van der Waals surface area contributed by atoms with Crippen molar-refractivity contribution in [2.45, 2.75) is 36.5 Å². The van der Waals surface area contributed by atoms with E-state index < -0.39 is 4.92 Å². The van der Waals surface area contributed by atoms with Crippen LogP contribution in [0.25, 0.3) is 0 Å². The Morgan fingerprint density at radius 3 is 2.57 bits per heavy atom. The van der Waals surface area contributed by atoms with E-state index in [0.717, 1.165) is 4.90 Å². The molecule has 2 aromatic rings. The van der Waals surface area contributed by atoms with Gasteiger partial charge < -0.3 is 9.84 Å². The number of likely N-dealkylation sites (N-methyl/N-ethyl adjacent to an activating group) is 1. The SMILES string of the molecule is CNC(C)Cc1noc(C(C)Sc2ccc([N+](=O)[O-])cc2)n1.Cl. The molecular weight excluding hydrogens is 340 g/mol. The van der Waals surface area contributed by atoms with Crippen molar-refractivity contribution in [2.24, 2.45) is 0 Å². The summed E-state index contributed by atoms with van der Waals surface area (Å²) in [6.07, 6.45) is 0.703. The Bertz CT molecular complexity index is 635. The van der Waals surface area contributed by atoms with Crippen LogP contribution in [0.15, 0.2) is 33.7 Å². The molecule has 0 aliphatic carbocycles. The maximum Gasteiger partial charge on any atom is 0.269 e. The summed E-state index contributed by atoms with van der Waals surface area (Å²) >= 11 is 1.52. The minimum absolute atomic E-state index is 0. The minimum Gasteiger partial charge on any atom is -0.338 e. The summed E-state index contributed by atoms with van der Waals surface area (Å²) in [7, 11) is 1.89. The fraction of sp³-hybridized carbons (Fsp3) is 0.429. The summed E-state index contributed by atoms with van der Waals surface area (Å²) in [4.78, 5) is 15.5. The van der Waals surface area contributed by atoms with Gasteiger partial charge >= 0.3 is 0 Å². The molecule has 1 heterocycles. The molecular formula is C14H19ClN4O3S. The van der Waals surface area contributed by atoms with Crippen LogP contribution in [0.5, 0.6) is 0 Å². The highest BCUT2D eigenvalue weighted by molar-refractivity contribution is 7.99. The average Bonchev–Trinajstić information content (AvgIpc) is 2.96. The number of halogens is 1. The maximum atomic E-state index is 10.6. The number of nitro benzene ring substituents is 1. The van der Waals surface area contributed by atoms with Crippen LogP contribution in [-0.2, 0) is 6.42 Å². The van der Waals surface area contributed by atoms with Crippen molar-refractivity contribution >= 4 is 29.9 Å². The van der Waals surface area contributed by atoms with E-state index in [-0.39, 0.29) is 29.4 Å². The summed E-state index contributed by atoms with van der Waals surface area (Å²) in [5.41, 5.74) is 0.0816. The van der Waals surface area contributed by atoms with Crippen LogP contribution in [0.2, 0.25) is 0 Å². The maximum absolute atomic E-state index is 10.6. The van der Waals surface area contributed by atoms with Gasteiger partial charge in [0.05, 0.1) is 10.2 Å². The van der Waals surface area contributed by atoms with E-state index in [2.05, 4.69) is 15.5 Å². The molecule has 9 heteroatoms. The lowest BCUT2D eigenvalue weighted by Gasteiger charge is -2.06. The molecule has 0 aliphatic heterocycles. The Balaban J connectivity index is 0.00000264. The Morgan fingerprint density at radius 2 is 2.00 bits per heavy atom. The molecule has 23 heavy (non-hydrogen) atoms. The van der Waals surface area contributed by atoms with Crippen LogP contribution < -0.4 is 5.32 Å². The number of thioether (sulfide) groups is 1. The van der Waals surface area contributed by atoms with Gasteiger partial charge in [0.1, 0.15) is 0 Å². The van der Waals surface area contributed by atoms with Crippen LogP contribution in [-0.4, -0.2) is 28.2 Å². The molecule has 126 valence electrons. The van der Waals surface area contributed by atoms with Gasteiger partial charge in [0, 0.05) is 29.5 Å². The Hall–Kier alpha value is -1.64. The number of hydrogen-bond donors (Lipinski definition) is 1. The van der Waals surface area contributed by atoms with Crippen molar-refractivity contribution < 1.29 is 9.45 Å². The topological polar surface area (TPSA) is 94.1 Å². The highest BCUT2D eigenvalue weighted by Crippen LogP contribution is 2.34. The molecule has 2 rings (SSSR count). The molecule has 1 aromatic carbocycles. The van der Waals surface area contributed by atoms with Gasteiger partial charge in [0.15, 0.2) is 5.82 Å². The summed E-state index contributed by atoms with van der Waals surface area (Å²) in [6.45, 7) is 4.01. The van der Waals surface area contributed by atoms with Gasteiger partial charge in [-0.2, -0.15) is 4.98 Å². The molecule has 2 unspecified atom stereocenters. The average molecular weight is 359 g/mol. The summed E-state index contributed by atoms with van der Waals surface area (Å²) in [5.74, 6) is 1.23. The molecule has 0 bridgehead atoms. The van der Waals surface area contributed by atoms with Gasteiger partial charge in [-0.25, -0.2) is 0 Å². The smallest absolute Gasteiger partial charge is 0.269 e. The lowest BCUT2D eigenvalue weighted by Crippen LogP contribution is -2.24. The van der Waals surface area contributed by atoms with Gasteiger partial charge in [-0.3, -0.25) is 10.1 Å².